The Morgan fingerprint density at radius 3 is 2.62 bits per heavy atom. The fourth-order valence-corrected chi connectivity index (χ4v) is 4.39. The van der Waals surface area contributed by atoms with Gasteiger partial charge in [0.25, 0.3) is 5.91 Å². The van der Waals surface area contributed by atoms with Crippen molar-refractivity contribution in [2.24, 2.45) is 0 Å². The number of amides is 1. The molecule has 2 N–H and O–H groups in total. The van der Waals surface area contributed by atoms with Crippen molar-refractivity contribution in [2.75, 3.05) is 12.3 Å². The molecule has 0 radical (unpaired) electrons. The normalized spacial score (nSPS) is 14.3. The predicted molar refractivity (Wildman–Crippen MR) is 129 cm³/mol. The molecule has 0 spiro atoms. The van der Waals surface area contributed by atoms with E-state index in [9.17, 15) is 18.0 Å². The molecule has 5 rings (SSSR count). The van der Waals surface area contributed by atoms with Gasteiger partial charge in [0, 0.05) is 35.1 Å². The van der Waals surface area contributed by atoms with Crippen molar-refractivity contribution in [2.45, 2.75) is 38.7 Å². The summed E-state index contributed by atoms with van der Waals surface area (Å²) in [6, 6.07) is 8.48. The Morgan fingerprint density at radius 1 is 1.14 bits per heavy atom. The third-order valence-corrected chi connectivity index (χ3v) is 6.40. The van der Waals surface area contributed by atoms with Crippen molar-refractivity contribution in [3.63, 3.8) is 0 Å². The van der Waals surface area contributed by atoms with Gasteiger partial charge in [0.05, 0.1) is 42.6 Å². The molecular weight excluding hydrogens is 485 g/mol. The van der Waals surface area contributed by atoms with Crippen LogP contribution in [0, 0.1) is 0 Å². The van der Waals surface area contributed by atoms with Crippen molar-refractivity contribution < 1.29 is 22.7 Å². The number of aromatic nitrogens is 4. The minimum atomic E-state index is -4.50. The molecule has 1 aliphatic heterocycles. The lowest BCUT2D eigenvalue weighted by atomic mass is 9.97. The number of alkyl halides is 3. The van der Waals surface area contributed by atoms with Gasteiger partial charge in [-0.25, -0.2) is 15.0 Å². The molecule has 3 aromatic heterocycles. The lowest BCUT2D eigenvalue weighted by Crippen LogP contribution is -2.34. The summed E-state index contributed by atoms with van der Waals surface area (Å²) >= 11 is 0. The SMILES string of the molecule is C[C@H](c1ncccn1)N(Cc1ccc(C(F)(F)F)cn1)C(=O)c1ccc2nc(N)c3c(c2c1)CCOC3. The van der Waals surface area contributed by atoms with E-state index in [1.54, 1.807) is 43.6 Å². The smallest absolute Gasteiger partial charge is 0.383 e. The molecule has 190 valence electrons. The highest BCUT2D eigenvalue weighted by Gasteiger charge is 2.31. The Morgan fingerprint density at radius 2 is 1.92 bits per heavy atom. The Labute approximate surface area is 210 Å². The Bertz CT molecular complexity index is 1450. The summed E-state index contributed by atoms with van der Waals surface area (Å²) in [6.45, 7) is 2.62. The third-order valence-electron chi connectivity index (χ3n) is 6.40. The number of nitrogen functional groups attached to an aromatic ring is 1. The van der Waals surface area contributed by atoms with Crippen LogP contribution in [0.15, 0.2) is 55.0 Å². The minimum absolute atomic E-state index is 0.0413. The van der Waals surface area contributed by atoms with E-state index < -0.39 is 17.8 Å². The van der Waals surface area contributed by atoms with E-state index in [0.717, 1.165) is 28.8 Å². The number of halogens is 3. The first-order chi connectivity index (χ1) is 17.7. The predicted octanol–water partition coefficient (Wildman–Crippen LogP) is 4.50. The number of nitrogens with zero attached hydrogens (tertiary/aromatic N) is 5. The molecule has 8 nitrogen and oxygen atoms in total. The van der Waals surface area contributed by atoms with Gasteiger partial charge in [-0.2, -0.15) is 13.2 Å². The van der Waals surface area contributed by atoms with Crippen LogP contribution in [0.4, 0.5) is 19.0 Å². The molecule has 0 aliphatic carbocycles. The quantitative estimate of drug-likeness (QED) is 0.423. The maximum Gasteiger partial charge on any atom is 0.417 e. The first-order valence-corrected chi connectivity index (χ1v) is 11.6. The van der Waals surface area contributed by atoms with Crippen molar-refractivity contribution in [1.29, 1.82) is 0 Å². The van der Waals surface area contributed by atoms with E-state index in [2.05, 4.69) is 19.9 Å². The van der Waals surface area contributed by atoms with Gasteiger partial charge in [-0.3, -0.25) is 9.78 Å². The molecule has 1 atom stereocenters. The number of hydrogen-bond donors (Lipinski definition) is 1. The van der Waals surface area contributed by atoms with E-state index in [4.69, 9.17) is 10.5 Å². The number of fused-ring (bicyclic) bond motifs is 3. The van der Waals surface area contributed by atoms with Crippen LogP contribution in [0.3, 0.4) is 0 Å². The number of carbonyl (C=O) groups is 1. The summed E-state index contributed by atoms with van der Waals surface area (Å²) in [5.74, 6) is 0.458. The molecule has 1 aliphatic rings. The monoisotopic (exact) mass is 508 g/mol. The van der Waals surface area contributed by atoms with Crippen LogP contribution in [-0.2, 0) is 30.5 Å². The van der Waals surface area contributed by atoms with E-state index in [0.29, 0.717) is 48.1 Å². The van der Waals surface area contributed by atoms with Crippen LogP contribution in [0.25, 0.3) is 10.9 Å². The molecule has 0 bridgehead atoms. The molecule has 0 fully saturated rings. The molecule has 0 saturated heterocycles. The van der Waals surface area contributed by atoms with Crippen LogP contribution in [0.5, 0.6) is 0 Å². The number of rotatable bonds is 5. The van der Waals surface area contributed by atoms with Gasteiger partial charge >= 0.3 is 6.18 Å². The number of anilines is 1. The lowest BCUT2D eigenvalue weighted by Gasteiger charge is -2.28. The van der Waals surface area contributed by atoms with Gasteiger partial charge in [0.2, 0.25) is 0 Å². The summed E-state index contributed by atoms with van der Waals surface area (Å²) in [7, 11) is 0. The average molecular weight is 509 g/mol. The molecular formula is C26H23F3N6O2. The van der Waals surface area contributed by atoms with E-state index in [-0.39, 0.29) is 12.5 Å². The van der Waals surface area contributed by atoms with Gasteiger partial charge in [0.15, 0.2) is 0 Å². The third kappa shape index (κ3) is 4.94. The van der Waals surface area contributed by atoms with Crippen molar-refractivity contribution >= 4 is 22.6 Å². The molecule has 0 unspecified atom stereocenters. The number of benzene rings is 1. The highest BCUT2D eigenvalue weighted by atomic mass is 19.4. The summed E-state index contributed by atoms with van der Waals surface area (Å²) in [4.78, 5) is 32.3. The zero-order valence-electron chi connectivity index (χ0n) is 19.9. The number of carbonyl (C=O) groups excluding carboxylic acids is 1. The van der Waals surface area contributed by atoms with Gasteiger partial charge in [0.1, 0.15) is 11.6 Å². The second kappa shape index (κ2) is 9.74. The molecule has 4 aromatic rings. The van der Waals surface area contributed by atoms with Crippen LogP contribution in [-0.4, -0.2) is 37.3 Å². The largest absolute Gasteiger partial charge is 0.417 e. The first-order valence-electron chi connectivity index (χ1n) is 11.6. The molecule has 0 saturated carbocycles. The number of hydrogen-bond acceptors (Lipinski definition) is 7. The van der Waals surface area contributed by atoms with E-state index in [1.807, 2.05) is 0 Å². The van der Waals surface area contributed by atoms with Crippen LogP contribution < -0.4 is 5.73 Å². The van der Waals surface area contributed by atoms with Crippen molar-refractivity contribution in [1.82, 2.24) is 24.8 Å². The first kappa shape index (κ1) is 24.6. The standard InChI is InChI=1S/C26H23F3N6O2/c1-15(24-31-8-2-9-32-24)35(13-18-5-4-17(12-33-18)26(27,28)29)25(36)16-3-6-22-20(11-16)19-7-10-37-14-21(19)23(30)34-22/h2-6,8-9,11-12,15H,7,10,13-14H2,1H3,(H2,30,34)/t15-/m1/s1. The number of pyridine rings is 2. The molecule has 1 aromatic carbocycles. The molecule has 1 amide bonds. The Balaban J connectivity index is 1.53. The summed E-state index contributed by atoms with van der Waals surface area (Å²) in [6.07, 6.45) is 0.0430. The van der Waals surface area contributed by atoms with Gasteiger partial charge in [-0.15, -0.1) is 0 Å². The van der Waals surface area contributed by atoms with Gasteiger partial charge < -0.3 is 15.4 Å². The van der Waals surface area contributed by atoms with Crippen molar-refractivity contribution in [3.8, 4) is 0 Å². The van der Waals surface area contributed by atoms with E-state index >= 15 is 0 Å². The fourth-order valence-electron chi connectivity index (χ4n) is 4.39. The second-order valence-corrected chi connectivity index (χ2v) is 8.74. The Hall–Kier alpha value is -4.12. The second-order valence-electron chi connectivity index (χ2n) is 8.74. The topological polar surface area (TPSA) is 107 Å². The molecule has 4 heterocycles. The van der Waals surface area contributed by atoms with Crippen LogP contribution in [0.2, 0.25) is 0 Å². The summed E-state index contributed by atoms with van der Waals surface area (Å²) in [5, 5.41) is 0.814. The van der Waals surface area contributed by atoms with Gasteiger partial charge in [-0.05, 0) is 55.3 Å². The average Bonchev–Trinajstić information content (AvgIpc) is 2.91. The zero-order valence-corrected chi connectivity index (χ0v) is 19.9. The highest BCUT2D eigenvalue weighted by Crippen LogP contribution is 2.32. The van der Waals surface area contributed by atoms with Gasteiger partial charge in [-0.1, -0.05) is 0 Å². The number of nitrogens with two attached hydrogens (primary N) is 1. The molecule has 11 heteroatoms. The maximum absolute atomic E-state index is 13.9. The fraction of sp³-hybridized carbons (Fsp3) is 0.269. The summed E-state index contributed by atoms with van der Waals surface area (Å²) in [5.41, 5.74) is 8.45. The maximum atomic E-state index is 13.9. The van der Waals surface area contributed by atoms with Crippen molar-refractivity contribution in [3.05, 3.63) is 88.8 Å². The lowest BCUT2D eigenvalue weighted by molar-refractivity contribution is -0.137. The zero-order chi connectivity index (χ0) is 26.2. The number of ether oxygens (including phenoxy) is 1. The van der Waals surface area contributed by atoms with Crippen LogP contribution in [0.1, 0.15) is 51.5 Å². The van der Waals surface area contributed by atoms with Crippen LogP contribution >= 0.6 is 0 Å². The summed E-state index contributed by atoms with van der Waals surface area (Å²) < 4.78 is 44.6. The highest BCUT2D eigenvalue weighted by molar-refractivity contribution is 5.99. The molecule has 37 heavy (non-hydrogen) atoms. The minimum Gasteiger partial charge on any atom is -0.383 e. The Kier molecular flexibility index (Phi) is 6.46. The van der Waals surface area contributed by atoms with E-state index in [1.165, 1.54) is 11.0 Å².